The minimum atomic E-state index is -0.233. The molecular weight excluding hydrogens is 208 g/mol. The number of amides is 1. The molecule has 1 rings (SSSR count). The summed E-state index contributed by atoms with van der Waals surface area (Å²) in [6.07, 6.45) is 0. The molecule has 7 nitrogen and oxygen atoms in total. The Morgan fingerprint density at radius 3 is 3.00 bits per heavy atom. The first-order chi connectivity index (χ1) is 7.65. The van der Waals surface area contributed by atoms with Gasteiger partial charge in [-0.15, -0.1) is 0 Å². The molecule has 7 heteroatoms. The molecule has 0 aliphatic rings. The number of hydrogen-bond acceptors (Lipinski definition) is 4. The lowest BCUT2D eigenvalue weighted by Gasteiger charge is -2.05. The summed E-state index contributed by atoms with van der Waals surface area (Å²) in [4.78, 5) is 14.3. The molecule has 0 aliphatic heterocycles. The number of carbonyl (C=O) groups is 1. The number of aromatic nitrogens is 2. The largest absolute Gasteiger partial charge is 0.352 e. The van der Waals surface area contributed by atoms with Gasteiger partial charge >= 0.3 is 0 Å². The summed E-state index contributed by atoms with van der Waals surface area (Å²) in [7, 11) is 0. The van der Waals surface area contributed by atoms with E-state index in [1.165, 1.54) is 0 Å². The molecule has 0 atom stereocenters. The normalized spacial score (nSPS) is 9.38. The third-order valence-electron chi connectivity index (χ3n) is 1.91. The number of hydrogen-bond donors (Lipinski definition) is 1. The number of aryl methyl sites for hydroxylation is 2. The molecule has 0 fully saturated rings. The van der Waals surface area contributed by atoms with E-state index in [0.29, 0.717) is 23.5 Å². The quantitative estimate of drug-likeness (QED) is 0.356. The Morgan fingerprint density at radius 2 is 2.31 bits per heavy atom. The van der Waals surface area contributed by atoms with Gasteiger partial charge in [0.05, 0.1) is 17.0 Å². The summed E-state index contributed by atoms with van der Waals surface area (Å²) in [5.41, 5.74) is 9.81. The fraction of sp³-hybridized carbons (Fsp3) is 0.444. The number of azide groups is 1. The van der Waals surface area contributed by atoms with Crippen molar-refractivity contribution in [3.05, 3.63) is 33.5 Å². The van der Waals surface area contributed by atoms with Gasteiger partial charge in [-0.2, -0.15) is 10.2 Å². The van der Waals surface area contributed by atoms with Crippen molar-refractivity contribution in [2.45, 2.75) is 13.8 Å². The van der Waals surface area contributed by atoms with Crippen LogP contribution in [0.3, 0.4) is 0 Å². The van der Waals surface area contributed by atoms with Crippen molar-refractivity contribution in [1.82, 2.24) is 15.5 Å². The zero-order valence-corrected chi connectivity index (χ0v) is 9.14. The van der Waals surface area contributed by atoms with Crippen LogP contribution in [-0.2, 0) is 0 Å². The highest BCUT2D eigenvalue weighted by Gasteiger charge is 2.09. The summed E-state index contributed by atoms with van der Waals surface area (Å²) in [6, 6.07) is 1.67. The van der Waals surface area contributed by atoms with Gasteiger partial charge < -0.3 is 5.32 Å². The van der Waals surface area contributed by atoms with Gasteiger partial charge in [0.15, 0.2) is 0 Å². The van der Waals surface area contributed by atoms with Crippen molar-refractivity contribution >= 4 is 5.91 Å². The number of nitrogens with zero attached hydrogens (tertiary/aromatic N) is 5. The van der Waals surface area contributed by atoms with Gasteiger partial charge in [-0.05, 0) is 25.4 Å². The van der Waals surface area contributed by atoms with E-state index < -0.39 is 0 Å². The lowest BCUT2D eigenvalue weighted by Crippen LogP contribution is -2.27. The summed E-state index contributed by atoms with van der Waals surface area (Å²) in [5, 5.41) is 13.6. The van der Waals surface area contributed by atoms with Gasteiger partial charge in [0.25, 0.3) is 5.91 Å². The van der Waals surface area contributed by atoms with Gasteiger partial charge in [0.1, 0.15) is 0 Å². The van der Waals surface area contributed by atoms with Gasteiger partial charge in [-0.3, -0.25) is 4.79 Å². The molecular formula is C9H12N6O. The van der Waals surface area contributed by atoms with E-state index >= 15 is 0 Å². The number of carbonyl (C=O) groups excluding carboxylic acids is 1. The Hall–Kier alpha value is -2.14. The third-order valence-corrected chi connectivity index (χ3v) is 1.91. The van der Waals surface area contributed by atoms with Crippen LogP contribution in [0, 0.1) is 13.8 Å². The molecule has 0 bridgehead atoms. The number of rotatable bonds is 4. The van der Waals surface area contributed by atoms with Gasteiger partial charge in [-0.1, -0.05) is 5.11 Å². The highest BCUT2D eigenvalue weighted by Crippen LogP contribution is 2.04. The van der Waals surface area contributed by atoms with E-state index in [1.807, 2.05) is 0 Å². The number of nitrogens with one attached hydrogen (secondary N) is 1. The van der Waals surface area contributed by atoms with Crippen LogP contribution in [0.4, 0.5) is 0 Å². The summed E-state index contributed by atoms with van der Waals surface area (Å²) in [6.45, 7) is 4.03. The Kier molecular flexibility index (Phi) is 4.23. The summed E-state index contributed by atoms with van der Waals surface area (Å²) >= 11 is 0. The molecule has 0 radical (unpaired) electrons. The van der Waals surface area contributed by atoms with Crippen molar-refractivity contribution in [2.24, 2.45) is 5.11 Å². The predicted molar refractivity (Wildman–Crippen MR) is 57.9 cm³/mol. The fourth-order valence-electron chi connectivity index (χ4n) is 1.14. The Bertz CT molecular complexity index is 438. The first-order valence-corrected chi connectivity index (χ1v) is 4.75. The fourth-order valence-corrected chi connectivity index (χ4v) is 1.14. The Labute approximate surface area is 92.5 Å². The maximum atomic E-state index is 11.7. The van der Waals surface area contributed by atoms with Crippen molar-refractivity contribution < 1.29 is 4.79 Å². The van der Waals surface area contributed by atoms with Crippen LogP contribution in [0.1, 0.15) is 21.7 Å². The van der Waals surface area contributed by atoms with Crippen LogP contribution in [0.2, 0.25) is 0 Å². The minimum absolute atomic E-state index is 0.233. The summed E-state index contributed by atoms with van der Waals surface area (Å²) < 4.78 is 0. The SMILES string of the molecule is Cc1cc(C(=O)NCCN=[N+]=[N-])c(C)nn1. The van der Waals surface area contributed by atoms with E-state index in [1.54, 1.807) is 19.9 Å². The lowest BCUT2D eigenvalue weighted by atomic mass is 10.2. The van der Waals surface area contributed by atoms with Crippen molar-refractivity contribution in [2.75, 3.05) is 13.1 Å². The van der Waals surface area contributed by atoms with E-state index in [9.17, 15) is 4.79 Å². The Balaban J connectivity index is 2.65. The topological polar surface area (TPSA) is 104 Å². The molecule has 0 unspecified atom stereocenters. The monoisotopic (exact) mass is 220 g/mol. The lowest BCUT2D eigenvalue weighted by molar-refractivity contribution is 0.0953. The summed E-state index contributed by atoms with van der Waals surface area (Å²) in [5.74, 6) is -0.233. The second kappa shape index (κ2) is 5.67. The van der Waals surface area contributed by atoms with Crippen LogP contribution in [0.15, 0.2) is 11.2 Å². The maximum absolute atomic E-state index is 11.7. The maximum Gasteiger partial charge on any atom is 0.253 e. The average Bonchev–Trinajstić information content (AvgIpc) is 2.27. The first kappa shape index (κ1) is 11.9. The molecule has 16 heavy (non-hydrogen) atoms. The zero-order chi connectivity index (χ0) is 12.0. The molecule has 1 amide bonds. The highest BCUT2D eigenvalue weighted by molar-refractivity contribution is 5.95. The second-order valence-electron chi connectivity index (χ2n) is 3.20. The van der Waals surface area contributed by atoms with Crippen molar-refractivity contribution in [3.8, 4) is 0 Å². The zero-order valence-electron chi connectivity index (χ0n) is 9.14. The van der Waals surface area contributed by atoms with E-state index in [-0.39, 0.29) is 12.5 Å². The van der Waals surface area contributed by atoms with Crippen LogP contribution < -0.4 is 5.32 Å². The third kappa shape index (κ3) is 3.21. The molecule has 1 aromatic heterocycles. The van der Waals surface area contributed by atoms with E-state index in [4.69, 9.17) is 5.53 Å². The standard InChI is InChI=1S/C9H12N6O/c1-6-5-8(7(2)14-13-6)9(16)11-3-4-12-15-10/h5H,3-4H2,1-2H3,(H,11,16). The molecule has 0 aromatic carbocycles. The predicted octanol–water partition coefficient (Wildman–Crippen LogP) is 1.13. The molecule has 1 aromatic rings. The van der Waals surface area contributed by atoms with Gasteiger partial charge in [-0.25, -0.2) is 0 Å². The molecule has 0 saturated carbocycles. The second-order valence-corrected chi connectivity index (χ2v) is 3.20. The van der Waals surface area contributed by atoms with Gasteiger partial charge in [0.2, 0.25) is 0 Å². The van der Waals surface area contributed by atoms with E-state index in [2.05, 4.69) is 25.5 Å². The minimum Gasteiger partial charge on any atom is -0.352 e. The highest BCUT2D eigenvalue weighted by atomic mass is 16.1. The first-order valence-electron chi connectivity index (χ1n) is 4.75. The smallest absolute Gasteiger partial charge is 0.253 e. The average molecular weight is 220 g/mol. The molecule has 0 aliphatic carbocycles. The molecule has 1 heterocycles. The van der Waals surface area contributed by atoms with Crippen LogP contribution in [0.25, 0.3) is 10.4 Å². The van der Waals surface area contributed by atoms with E-state index in [0.717, 1.165) is 0 Å². The van der Waals surface area contributed by atoms with Crippen molar-refractivity contribution in [1.29, 1.82) is 0 Å². The van der Waals surface area contributed by atoms with Crippen LogP contribution >= 0.6 is 0 Å². The molecule has 1 N–H and O–H groups in total. The van der Waals surface area contributed by atoms with Crippen molar-refractivity contribution in [3.63, 3.8) is 0 Å². The van der Waals surface area contributed by atoms with Gasteiger partial charge in [0, 0.05) is 18.0 Å². The Morgan fingerprint density at radius 1 is 1.56 bits per heavy atom. The molecule has 0 saturated heterocycles. The van der Waals surface area contributed by atoms with Crippen LogP contribution in [0.5, 0.6) is 0 Å². The van der Waals surface area contributed by atoms with Crippen LogP contribution in [-0.4, -0.2) is 29.2 Å². The molecule has 0 spiro atoms. The molecule has 84 valence electrons.